The lowest BCUT2D eigenvalue weighted by Gasteiger charge is -2.23. The molecule has 0 bridgehead atoms. The van der Waals surface area contributed by atoms with Crippen molar-refractivity contribution in [2.75, 3.05) is 19.0 Å². The smallest absolute Gasteiger partial charge is 0.236 e. The summed E-state index contributed by atoms with van der Waals surface area (Å²) in [5, 5.41) is 0.0390. The fraction of sp³-hybridized carbons (Fsp3) is 0.500. The standard InChI is InChI=1S/C14H18ClNOS/c1-2-8-16(9-7-15)14(17)13-10-11-5-3-4-6-12(11)18-13/h3-6,13H,2,7-10H2,1H3. The third kappa shape index (κ3) is 3.01. The number of nitrogens with zero attached hydrogens (tertiary/aromatic N) is 1. The fourth-order valence-corrected chi connectivity index (χ4v) is 3.71. The third-order valence-corrected chi connectivity index (χ3v) is 4.56. The Kier molecular flexibility index (Phi) is 4.95. The monoisotopic (exact) mass is 283 g/mol. The number of benzene rings is 1. The van der Waals surface area contributed by atoms with Crippen molar-refractivity contribution >= 4 is 29.3 Å². The van der Waals surface area contributed by atoms with Gasteiger partial charge in [0, 0.05) is 23.9 Å². The van der Waals surface area contributed by atoms with Crippen molar-refractivity contribution in [1.82, 2.24) is 4.90 Å². The zero-order chi connectivity index (χ0) is 13.0. The van der Waals surface area contributed by atoms with Crippen LogP contribution in [0.2, 0.25) is 0 Å². The summed E-state index contributed by atoms with van der Waals surface area (Å²) in [4.78, 5) is 15.6. The van der Waals surface area contributed by atoms with Gasteiger partial charge in [0.25, 0.3) is 0 Å². The molecule has 1 aromatic carbocycles. The number of alkyl halides is 1. The molecule has 0 radical (unpaired) electrons. The van der Waals surface area contributed by atoms with Crippen molar-refractivity contribution in [3.8, 4) is 0 Å². The number of carbonyl (C=O) groups excluding carboxylic acids is 1. The molecule has 0 saturated carbocycles. The molecule has 1 aliphatic heterocycles. The first-order chi connectivity index (χ1) is 8.76. The second-order valence-electron chi connectivity index (χ2n) is 4.43. The average molecular weight is 284 g/mol. The molecule has 1 unspecified atom stereocenters. The number of thioether (sulfide) groups is 1. The summed E-state index contributed by atoms with van der Waals surface area (Å²) in [7, 11) is 0. The maximum atomic E-state index is 12.4. The van der Waals surface area contributed by atoms with E-state index in [1.807, 2.05) is 17.0 Å². The highest BCUT2D eigenvalue weighted by molar-refractivity contribution is 8.01. The number of amides is 1. The highest BCUT2D eigenvalue weighted by Crippen LogP contribution is 2.37. The number of halogens is 1. The molecule has 0 aliphatic carbocycles. The molecule has 0 fully saturated rings. The zero-order valence-electron chi connectivity index (χ0n) is 10.6. The van der Waals surface area contributed by atoms with E-state index in [0.717, 1.165) is 19.4 Å². The van der Waals surface area contributed by atoms with Crippen LogP contribution >= 0.6 is 23.4 Å². The maximum absolute atomic E-state index is 12.4. The largest absolute Gasteiger partial charge is 0.341 e. The molecule has 1 aliphatic rings. The van der Waals surface area contributed by atoms with Gasteiger partial charge in [0.1, 0.15) is 0 Å². The number of hydrogen-bond donors (Lipinski definition) is 0. The Balaban J connectivity index is 2.03. The van der Waals surface area contributed by atoms with Gasteiger partial charge in [0.15, 0.2) is 0 Å². The first kappa shape index (κ1) is 13.8. The van der Waals surface area contributed by atoms with Gasteiger partial charge in [-0.2, -0.15) is 0 Å². The molecule has 4 heteroatoms. The Morgan fingerprint density at radius 2 is 2.22 bits per heavy atom. The molecule has 2 rings (SSSR count). The molecule has 1 amide bonds. The number of rotatable bonds is 5. The van der Waals surface area contributed by atoms with Gasteiger partial charge in [-0.1, -0.05) is 25.1 Å². The molecular weight excluding hydrogens is 266 g/mol. The molecule has 98 valence electrons. The van der Waals surface area contributed by atoms with Gasteiger partial charge < -0.3 is 4.90 Å². The van der Waals surface area contributed by atoms with Crippen LogP contribution in [0.1, 0.15) is 18.9 Å². The lowest BCUT2D eigenvalue weighted by molar-refractivity contribution is -0.130. The fourth-order valence-electron chi connectivity index (χ4n) is 2.23. The summed E-state index contributed by atoms with van der Waals surface area (Å²) in [6.07, 6.45) is 1.83. The topological polar surface area (TPSA) is 20.3 Å². The molecule has 18 heavy (non-hydrogen) atoms. The predicted octanol–water partition coefficient (Wildman–Crippen LogP) is 3.18. The van der Waals surface area contributed by atoms with Crippen LogP contribution in [0.4, 0.5) is 0 Å². The van der Waals surface area contributed by atoms with Crippen molar-refractivity contribution in [1.29, 1.82) is 0 Å². The lowest BCUT2D eigenvalue weighted by atomic mass is 10.1. The van der Waals surface area contributed by atoms with E-state index in [1.165, 1.54) is 10.5 Å². The van der Waals surface area contributed by atoms with Crippen LogP contribution in [0.3, 0.4) is 0 Å². The summed E-state index contributed by atoms with van der Waals surface area (Å²) in [5.41, 5.74) is 1.29. The molecule has 0 saturated heterocycles. The van der Waals surface area contributed by atoms with Crippen LogP contribution < -0.4 is 0 Å². The molecule has 0 spiro atoms. The molecule has 1 aromatic rings. The normalized spacial score (nSPS) is 17.6. The van der Waals surface area contributed by atoms with E-state index >= 15 is 0 Å². The number of hydrogen-bond acceptors (Lipinski definition) is 2. The SMILES string of the molecule is CCCN(CCCl)C(=O)C1Cc2ccccc2S1. The van der Waals surface area contributed by atoms with Crippen molar-refractivity contribution in [2.24, 2.45) is 0 Å². The van der Waals surface area contributed by atoms with Gasteiger partial charge in [-0.25, -0.2) is 0 Å². The minimum absolute atomic E-state index is 0.0390. The lowest BCUT2D eigenvalue weighted by Crippen LogP contribution is -2.39. The highest BCUT2D eigenvalue weighted by Gasteiger charge is 2.30. The second-order valence-corrected chi connectivity index (χ2v) is 6.06. The summed E-state index contributed by atoms with van der Waals surface area (Å²) >= 11 is 7.46. The minimum Gasteiger partial charge on any atom is -0.341 e. The summed E-state index contributed by atoms with van der Waals surface area (Å²) in [5.74, 6) is 0.745. The third-order valence-electron chi connectivity index (χ3n) is 3.08. The van der Waals surface area contributed by atoms with Crippen LogP contribution in [0.5, 0.6) is 0 Å². The molecule has 0 N–H and O–H groups in total. The van der Waals surface area contributed by atoms with E-state index in [2.05, 4.69) is 19.1 Å². The van der Waals surface area contributed by atoms with Gasteiger partial charge in [-0.15, -0.1) is 23.4 Å². The quantitative estimate of drug-likeness (QED) is 0.774. The van der Waals surface area contributed by atoms with Gasteiger partial charge >= 0.3 is 0 Å². The average Bonchev–Trinajstić information content (AvgIpc) is 2.81. The van der Waals surface area contributed by atoms with E-state index in [4.69, 9.17) is 11.6 Å². The van der Waals surface area contributed by atoms with E-state index < -0.39 is 0 Å². The number of fused-ring (bicyclic) bond motifs is 1. The Labute approximate surface area is 118 Å². The number of carbonyl (C=O) groups is 1. The van der Waals surface area contributed by atoms with Crippen molar-refractivity contribution in [3.05, 3.63) is 29.8 Å². The molecule has 2 nitrogen and oxygen atoms in total. The van der Waals surface area contributed by atoms with Gasteiger partial charge in [-0.05, 0) is 24.5 Å². The summed E-state index contributed by atoms with van der Waals surface area (Å²) < 4.78 is 0. The van der Waals surface area contributed by atoms with Crippen molar-refractivity contribution in [3.63, 3.8) is 0 Å². The van der Waals surface area contributed by atoms with E-state index in [0.29, 0.717) is 12.4 Å². The molecule has 1 atom stereocenters. The van der Waals surface area contributed by atoms with Gasteiger partial charge in [0.05, 0.1) is 5.25 Å². The molecular formula is C14H18ClNOS. The molecule has 0 aromatic heterocycles. The van der Waals surface area contributed by atoms with Crippen LogP contribution in [-0.4, -0.2) is 35.0 Å². The maximum Gasteiger partial charge on any atom is 0.236 e. The van der Waals surface area contributed by atoms with Crippen LogP contribution in [0, 0.1) is 0 Å². The second kappa shape index (κ2) is 6.48. The highest BCUT2D eigenvalue weighted by atomic mass is 35.5. The Hall–Kier alpha value is -0.670. The van der Waals surface area contributed by atoms with E-state index in [9.17, 15) is 4.79 Å². The van der Waals surface area contributed by atoms with E-state index in [1.54, 1.807) is 11.8 Å². The first-order valence-electron chi connectivity index (χ1n) is 6.35. The van der Waals surface area contributed by atoms with Crippen LogP contribution in [-0.2, 0) is 11.2 Å². The van der Waals surface area contributed by atoms with Gasteiger partial charge in [-0.3, -0.25) is 4.79 Å². The Bertz CT molecular complexity index is 393. The van der Waals surface area contributed by atoms with Gasteiger partial charge in [0.2, 0.25) is 5.91 Å². The Morgan fingerprint density at radius 3 is 2.89 bits per heavy atom. The van der Waals surface area contributed by atoms with Crippen molar-refractivity contribution in [2.45, 2.75) is 29.9 Å². The molecule has 1 heterocycles. The zero-order valence-corrected chi connectivity index (χ0v) is 12.1. The first-order valence-corrected chi connectivity index (χ1v) is 7.77. The van der Waals surface area contributed by atoms with E-state index in [-0.39, 0.29) is 11.2 Å². The summed E-state index contributed by atoms with van der Waals surface area (Å²) in [6.45, 7) is 3.55. The minimum atomic E-state index is 0.0390. The predicted molar refractivity (Wildman–Crippen MR) is 77.4 cm³/mol. The van der Waals surface area contributed by atoms with Crippen molar-refractivity contribution < 1.29 is 4.79 Å². The van der Waals surface area contributed by atoms with Crippen LogP contribution in [0.25, 0.3) is 0 Å². The van der Waals surface area contributed by atoms with Crippen LogP contribution in [0.15, 0.2) is 29.2 Å². The Morgan fingerprint density at radius 1 is 1.44 bits per heavy atom. The summed E-state index contributed by atoms with van der Waals surface area (Å²) in [6, 6.07) is 8.27.